The molecule has 0 aliphatic carbocycles. The van der Waals surface area contributed by atoms with Crippen LogP contribution in [0.2, 0.25) is 0 Å². The average Bonchev–Trinajstić information content (AvgIpc) is 3.06. The number of fused-ring (bicyclic) bond motifs is 1. The fourth-order valence-corrected chi connectivity index (χ4v) is 3.77. The molecule has 1 N–H and O–H groups in total. The topological polar surface area (TPSA) is 101 Å². The molecule has 38 heavy (non-hydrogen) atoms. The second kappa shape index (κ2) is 10.8. The van der Waals surface area contributed by atoms with Gasteiger partial charge in [0, 0.05) is 24.2 Å². The number of amides is 1. The van der Waals surface area contributed by atoms with Crippen molar-refractivity contribution in [1.82, 2.24) is 15.3 Å². The molecule has 0 atom stereocenters. The molecule has 1 saturated heterocycles. The van der Waals surface area contributed by atoms with E-state index in [0.717, 1.165) is 21.9 Å². The predicted octanol–water partition coefficient (Wildman–Crippen LogP) is 4.41. The lowest BCUT2D eigenvalue weighted by Crippen LogP contribution is -2.41. The summed E-state index contributed by atoms with van der Waals surface area (Å²) in [5.41, 5.74) is 1.28. The largest absolute Gasteiger partial charge is 0.494 e. The van der Waals surface area contributed by atoms with E-state index in [1.807, 2.05) is 72.7 Å². The highest BCUT2D eigenvalue weighted by atomic mass is 16.7. The number of carbonyl (C=O) groups excluding carboxylic acids is 1. The number of carbonyl (C=O) groups is 1. The number of nitrogens with zero attached hydrogens (tertiary/aromatic N) is 2. The molecule has 1 fully saturated rings. The molecule has 4 rings (SSSR count). The molecule has 1 amide bonds. The number of hydrogen-bond donors (Lipinski definition) is 1. The summed E-state index contributed by atoms with van der Waals surface area (Å²) in [4.78, 5) is 20.6. The lowest BCUT2D eigenvalue weighted by atomic mass is 9.78. The Balaban J connectivity index is 1.30. The highest BCUT2D eigenvalue weighted by molar-refractivity contribution is 6.62. The Morgan fingerprint density at radius 2 is 1.68 bits per heavy atom. The quantitative estimate of drug-likeness (QED) is 0.344. The van der Waals surface area contributed by atoms with Gasteiger partial charge >= 0.3 is 13.2 Å². The van der Waals surface area contributed by atoms with Crippen LogP contribution in [0, 0.1) is 0 Å². The number of pyridine rings is 2. The van der Waals surface area contributed by atoms with Crippen molar-refractivity contribution in [3.8, 4) is 11.6 Å². The Morgan fingerprint density at radius 1 is 0.974 bits per heavy atom. The molecule has 0 spiro atoms. The van der Waals surface area contributed by atoms with Crippen molar-refractivity contribution in [3.63, 3.8) is 0 Å². The van der Waals surface area contributed by atoms with Gasteiger partial charge in [-0.3, -0.25) is 4.98 Å². The van der Waals surface area contributed by atoms with E-state index in [1.54, 1.807) is 24.5 Å². The third-order valence-electron chi connectivity index (χ3n) is 6.44. The van der Waals surface area contributed by atoms with Crippen LogP contribution in [-0.4, -0.2) is 53.2 Å². The van der Waals surface area contributed by atoms with Gasteiger partial charge in [-0.15, -0.1) is 0 Å². The van der Waals surface area contributed by atoms with E-state index in [9.17, 15) is 4.79 Å². The molecule has 1 aliphatic heterocycles. The molecule has 3 heterocycles. The lowest BCUT2D eigenvalue weighted by Gasteiger charge is -2.32. The summed E-state index contributed by atoms with van der Waals surface area (Å²) < 4.78 is 29.2. The van der Waals surface area contributed by atoms with E-state index >= 15 is 0 Å². The Kier molecular flexibility index (Phi) is 7.85. The number of alkyl carbamates (subject to hydrolysis) is 1. The molecule has 3 aromatic rings. The normalized spacial score (nSPS) is 16.3. The molecule has 10 heteroatoms. The summed E-state index contributed by atoms with van der Waals surface area (Å²) in [5, 5.41) is 3.66. The van der Waals surface area contributed by atoms with Crippen molar-refractivity contribution in [2.45, 2.75) is 71.8 Å². The van der Waals surface area contributed by atoms with Gasteiger partial charge in [0.25, 0.3) is 0 Å². The Bertz CT molecular complexity index is 1280. The first kappa shape index (κ1) is 27.7. The van der Waals surface area contributed by atoms with E-state index in [-0.39, 0.29) is 0 Å². The molecule has 0 radical (unpaired) electrons. The minimum atomic E-state index is -0.549. The summed E-state index contributed by atoms with van der Waals surface area (Å²) >= 11 is 0. The number of ether oxygens (including phenoxy) is 3. The van der Waals surface area contributed by atoms with Crippen molar-refractivity contribution < 1.29 is 28.3 Å². The zero-order chi connectivity index (χ0) is 27.6. The molecule has 0 saturated carbocycles. The Labute approximate surface area is 224 Å². The highest BCUT2D eigenvalue weighted by Crippen LogP contribution is 2.36. The minimum absolute atomic E-state index is 0.294. The van der Waals surface area contributed by atoms with Gasteiger partial charge in [0.2, 0.25) is 5.88 Å². The highest BCUT2D eigenvalue weighted by Gasteiger charge is 2.51. The van der Waals surface area contributed by atoms with Gasteiger partial charge in [0.1, 0.15) is 24.6 Å². The van der Waals surface area contributed by atoms with Gasteiger partial charge in [0.15, 0.2) is 0 Å². The summed E-state index contributed by atoms with van der Waals surface area (Å²) in [6, 6.07) is 11.5. The molecular weight excluding hydrogens is 485 g/mol. The molecular formula is C28H36BN3O6. The van der Waals surface area contributed by atoms with Gasteiger partial charge in [-0.25, -0.2) is 9.78 Å². The molecule has 202 valence electrons. The van der Waals surface area contributed by atoms with E-state index in [2.05, 4.69) is 15.3 Å². The van der Waals surface area contributed by atoms with Crippen LogP contribution >= 0.6 is 0 Å². The summed E-state index contributed by atoms with van der Waals surface area (Å²) in [6.45, 7) is 14.5. The van der Waals surface area contributed by atoms with Crippen molar-refractivity contribution in [1.29, 1.82) is 0 Å². The summed E-state index contributed by atoms with van der Waals surface area (Å²) in [6.07, 6.45) is 2.85. The molecule has 0 unspecified atom stereocenters. The van der Waals surface area contributed by atoms with Crippen molar-refractivity contribution in [2.24, 2.45) is 0 Å². The maximum Gasteiger partial charge on any atom is 0.494 e. The average molecular weight is 521 g/mol. The van der Waals surface area contributed by atoms with Crippen LogP contribution in [0.15, 0.2) is 48.8 Å². The maximum atomic E-state index is 11.9. The maximum absolute atomic E-state index is 11.9. The van der Waals surface area contributed by atoms with E-state index < -0.39 is 30.0 Å². The van der Waals surface area contributed by atoms with Gasteiger partial charge in [-0.2, -0.15) is 0 Å². The van der Waals surface area contributed by atoms with Crippen molar-refractivity contribution in [3.05, 3.63) is 54.4 Å². The monoisotopic (exact) mass is 521 g/mol. The first-order valence-electron chi connectivity index (χ1n) is 12.7. The third kappa shape index (κ3) is 6.93. The van der Waals surface area contributed by atoms with E-state index in [1.165, 1.54) is 0 Å². The fraction of sp³-hybridized carbons (Fsp3) is 0.464. The zero-order valence-corrected chi connectivity index (χ0v) is 23.2. The third-order valence-corrected chi connectivity index (χ3v) is 6.44. The fourth-order valence-electron chi connectivity index (χ4n) is 3.77. The second-order valence-electron chi connectivity index (χ2n) is 11.3. The van der Waals surface area contributed by atoms with E-state index in [4.69, 9.17) is 23.5 Å². The first-order chi connectivity index (χ1) is 17.8. The predicted molar refractivity (Wildman–Crippen MR) is 146 cm³/mol. The van der Waals surface area contributed by atoms with Gasteiger partial charge in [0.05, 0.1) is 22.9 Å². The molecule has 2 aromatic heterocycles. The van der Waals surface area contributed by atoms with E-state index in [0.29, 0.717) is 31.4 Å². The van der Waals surface area contributed by atoms with Gasteiger partial charge in [-0.1, -0.05) is 12.1 Å². The number of benzene rings is 1. The van der Waals surface area contributed by atoms with Crippen LogP contribution in [-0.2, 0) is 20.6 Å². The number of nitrogens with one attached hydrogen (secondary N) is 1. The van der Waals surface area contributed by atoms with Crippen molar-refractivity contribution in [2.75, 3.05) is 13.2 Å². The van der Waals surface area contributed by atoms with Gasteiger partial charge in [-0.05, 0) is 77.7 Å². The molecule has 0 bridgehead atoms. The number of aromatic nitrogens is 2. The zero-order valence-electron chi connectivity index (χ0n) is 23.2. The SMILES string of the molecule is CC(C)(C)OC(=O)NCc1ccnc(OCCOc2cnc3ccc(B4OC(C)(C)C(C)(C)O4)cc3c2)c1. The van der Waals surface area contributed by atoms with Crippen LogP contribution in [0.3, 0.4) is 0 Å². The molecule has 1 aromatic carbocycles. The van der Waals surface area contributed by atoms with Crippen LogP contribution in [0.1, 0.15) is 54.0 Å². The molecule has 1 aliphatic rings. The van der Waals surface area contributed by atoms with Crippen LogP contribution in [0.25, 0.3) is 10.9 Å². The lowest BCUT2D eigenvalue weighted by molar-refractivity contribution is 0.00578. The summed E-state index contributed by atoms with van der Waals surface area (Å²) in [7, 11) is -0.440. The number of hydrogen-bond acceptors (Lipinski definition) is 8. The van der Waals surface area contributed by atoms with Crippen LogP contribution < -0.4 is 20.3 Å². The minimum Gasteiger partial charge on any atom is -0.488 e. The first-order valence-corrected chi connectivity index (χ1v) is 12.7. The Hall–Kier alpha value is -3.37. The smallest absolute Gasteiger partial charge is 0.488 e. The van der Waals surface area contributed by atoms with Gasteiger partial charge < -0.3 is 28.8 Å². The van der Waals surface area contributed by atoms with Crippen LogP contribution in [0.4, 0.5) is 4.79 Å². The standard InChI is InChI=1S/C28H36BN3O6/c1-26(2,3)36-25(33)32-17-19-10-11-30-24(14-19)35-13-12-34-22-16-20-15-21(8-9-23(20)31-18-22)29-37-27(4,5)28(6,7)38-29/h8-11,14-16,18H,12-13,17H2,1-7H3,(H,32,33). The second-order valence-corrected chi connectivity index (χ2v) is 11.3. The Morgan fingerprint density at radius 3 is 2.39 bits per heavy atom. The number of rotatable bonds is 8. The van der Waals surface area contributed by atoms with Crippen molar-refractivity contribution >= 4 is 29.6 Å². The molecule has 9 nitrogen and oxygen atoms in total. The van der Waals surface area contributed by atoms with Crippen LogP contribution in [0.5, 0.6) is 11.6 Å². The summed E-state index contributed by atoms with van der Waals surface area (Å²) in [5.74, 6) is 1.08.